The van der Waals surface area contributed by atoms with Crippen LogP contribution in [0.4, 0.5) is 4.39 Å². The third-order valence-electron chi connectivity index (χ3n) is 3.91. The molecule has 0 radical (unpaired) electrons. The average Bonchev–Trinajstić information content (AvgIpc) is 2.66. The maximum atomic E-state index is 12.9. The lowest BCUT2D eigenvalue weighted by Crippen LogP contribution is -2.45. The van der Waals surface area contributed by atoms with Crippen LogP contribution in [0, 0.1) is 5.82 Å². The third kappa shape index (κ3) is 5.76. The Morgan fingerprint density at radius 2 is 1.85 bits per heavy atom. The molecule has 0 aromatic heterocycles. The van der Waals surface area contributed by atoms with Crippen molar-refractivity contribution in [1.82, 2.24) is 10.6 Å². The molecule has 0 aliphatic carbocycles. The topological polar surface area (TPSA) is 54.9 Å². The van der Waals surface area contributed by atoms with Crippen LogP contribution in [0.2, 0.25) is 0 Å². The number of fused-ring (bicyclic) bond motifs is 1. The van der Waals surface area contributed by atoms with Crippen LogP contribution in [0.5, 0.6) is 11.5 Å². The van der Waals surface area contributed by atoms with Crippen LogP contribution in [0.25, 0.3) is 0 Å². The Morgan fingerprint density at radius 1 is 1.12 bits per heavy atom. The van der Waals surface area contributed by atoms with Crippen molar-refractivity contribution < 1.29 is 13.9 Å². The molecule has 5 nitrogen and oxygen atoms in total. The first-order valence-electron chi connectivity index (χ1n) is 8.32. The van der Waals surface area contributed by atoms with Crippen molar-refractivity contribution in [3.05, 3.63) is 59.9 Å². The van der Waals surface area contributed by atoms with Crippen LogP contribution >= 0.6 is 24.0 Å². The largest absolute Gasteiger partial charge is 0.486 e. The number of guanidine groups is 1. The van der Waals surface area contributed by atoms with E-state index in [0.717, 1.165) is 23.5 Å². The van der Waals surface area contributed by atoms with Gasteiger partial charge in [-0.15, -0.1) is 24.0 Å². The van der Waals surface area contributed by atoms with Gasteiger partial charge in [0.05, 0.1) is 6.54 Å². The Balaban J connectivity index is 0.00000243. The van der Waals surface area contributed by atoms with Gasteiger partial charge in [0.1, 0.15) is 18.5 Å². The predicted molar refractivity (Wildman–Crippen MR) is 111 cm³/mol. The Kier molecular flexibility index (Phi) is 7.96. The highest BCUT2D eigenvalue weighted by atomic mass is 127. The quantitative estimate of drug-likeness (QED) is 0.400. The molecule has 1 heterocycles. The van der Waals surface area contributed by atoms with Gasteiger partial charge in [0.15, 0.2) is 17.5 Å². The molecule has 7 heteroatoms. The fourth-order valence-corrected chi connectivity index (χ4v) is 2.57. The van der Waals surface area contributed by atoms with Gasteiger partial charge in [0.2, 0.25) is 0 Å². The third-order valence-corrected chi connectivity index (χ3v) is 3.91. The summed E-state index contributed by atoms with van der Waals surface area (Å²) in [6.45, 7) is 1.79. The van der Waals surface area contributed by atoms with Crippen molar-refractivity contribution in [2.45, 2.75) is 12.5 Å². The molecule has 2 aromatic carbocycles. The molecular formula is C19H23FIN3O2. The smallest absolute Gasteiger partial charge is 0.191 e. The monoisotopic (exact) mass is 471 g/mol. The Morgan fingerprint density at radius 3 is 2.58 bits per heavy atom. The summed E-state index contributed by atoms with van der Waals surface area (Å²) in [7, 11) is 1.72. The first-order valence-corrected chi connectivity index (χ1v) is 8.32. The van der Waals surface area contributed by atoms with E-state index in [2.05, 4.69) is 15.6 Å². The van der Waals surface area contributed by atoms with Crippen LogP contribution in [0.1, 0.15) is 5.56 Å². The lowest BCUT2D eigenvalue weighted by atomic mass is 10.1. The molecular weight excluding hydrogens is 448 g/mol. The summed E-state index contributed by atoms with van der Waals surface area (Å²) in [6.07, 6.45) is 0.711. The molecule has 0 fully saturated rings. The summed E-state index contributed by atoms with van der Waals surface area (Å²) in [4.78, 5) is 4.20. The predicted octanol–water partition coefficient (Wildman–Crippen LogP) is 2.99. The lowest BCUT2D eigenvalue weighted by molar-refractivity contribution is 0.0936. The number of rotatable bonds is 5. The number of aliphatic imine (C=N–C) groups is 1. The molecule has 1 unspecified atom stereocenters. The van der Waals surface area contributed by atoms with Crippen LogP contribution in [-0.4, -0.2) is 38.8 Å². The lowest BCUT2D eigenvalue weighted by Gasteiger charge is -2.27. The highest BCUT2D eigenvalue weighted by Crippen LogP contribution is 2.30. The second-order valence-corrected chi connectivity index (χ2v) is 5.75. The van der Waals surface area contributed by atoms with E-state index in [0.29, 0.717) is 25.7 Å². The molecule has 1 atom stereocenters. The van der Waals surface area contributed by atoms with E-state index in [9.17, 15) is 4.39 Å². The zero-order valence-corrected chi connectivity index (χ0v) is 16.9. The average molecular weight is 471 g/mol. The minimum atomic E-state index is -0.217. The second-order valence-electron chi connectivity index (χ2n) is 5.75. The Bertz CT molecular complexity index is 725. The van der Waals surface area contributed by atoms with E-state index in [4.69, 9.17) is 9.47 Å². The number of nitrogens with zero attached hydrogens (tertiary/aromatic N) is 1. The number of benzene rings is 2. The minimum Gasteiger partial charge on any atom is -0.486 e. The molecule has 0 saturated heterocycles. The summed E-state index contributed by atoms with van der Waals surface area (Å²) in [5.41, 5.74) is 1.07. The van der Waals surface area contributed by atoms with E-state index in [1.807, 2.05) is 24.3 Å². The van der Waals surface area contributed by atoms with Crippen molar-refractivity contribution in [3.8, 4) is 11.5 Å². The summed E-state index contributed by atoms with van der Waals surface area (Å²) < 4.78 is 24.5. The SMILES string of the molecule is CN=C(NCCc1ccc(F)cc1)NCC1COc2ccccc2O1.I. The molecule has 0 saturated carbocycles. The molecule has 1 aliphatic rings. The summed E-state index contributed by atoms with van der Waals surface area (Å²) in [5, 5.41) is 6.48. The zero-order chi connectivity index (χ0) is 17.5. The van der Waals surface area contributed by atoms with Gasteiger partial charge in [0.25, 0.3) is 0 Å². The van der Waals surface area contributed by atoms with Crippen molar-refractivity contribution in [2.24, 2.45) is 4.99 Å². The van der Waals surface area contributed by atoms with Crippen LogP contribution in [0.3, 0.4) is 0 Å². The summed E-state index contributed by atoms with van der Waals surface area (Å²) >= 11 is 0. The molecule has 1 aliphatic heterocycles. The number of nitrogens with one attached hydrogen (secondary N) is 2. The second kappa shape index (κ2) is 10.2. The summed E-state index contributed by atoms with van der Waals surface area (Å²) in [6, 6.07) is 14.2. The molecule has 26 heavy (non-hydrogen) atoms. The maximum Gasteiger partial charge on any atom is 0.191 e. The van der Waals surface area contributed by atoms with Gasteiger partial charge < -0.3 is 20.1 Å². The standard InChI is InChI=1S/C19H22FN3O2.HI/c1-21-19(22-11-10-14-6-8-15(20)9-7-14)23-12-16-13-24-17-4-2-3-5-18(17)25-16;/h2-9,16H,10-13H2,1H3,(H2,21,22,23);1H. The van der Waals surface area contributed by atoms with Crippen LogP contribution < -0.4 is 20.1 Å². The van der Waals surface area contributed by atoms with Crippen molar-refractivity contribution >= 4 is 29.9 Å². The van der Waals surface area contributed by atoms with Gasteiger partial charge in [-0.1, -0.05) is 24.3 Å². The van der Waals surface area contributed by atoms with Gasteiger partial charge in [-0.05, 0) is 36.2 Å². The molecule has 3 rings (SSSR count). The van der Waals surface area contributed by atoms with Crippen LogP contribution in [0.15, 0.2) is 53.5 Å². The van der Waals surface area contributed by atoms with Crippen molar-refractivity contribution in [3.63, 3.8) is 0 Å². The molecule has 0 bridgehead atoms. The van der Waals surface area contributed by atoms with E-state index >= 15 is 0 Å². The Labute approximate surface area is 170 Å². The molecule has 0 spiro atoms. The van der Waals surface area contributed by atoms with Crippen molar-refractivity contribution in [1.29, 1.82) is 0 Å². The van der Waals surface area contributed by atoms with E-state index in [-0.39, 0.29) is 35.9 Å². The van der Waals surface area contributed by atoms with Crippen LogP contribution in [-0.2, 0) is 6.42 Å². The first kappa shape index (κ1) is 20.3. The van der Waals surface area contributed by atoms with Gasteiger partial charge in [-0.3, -0.25) is 4.99 Å². The van der Waals surface area contributed by atoms with Gasteiger partial charge in [-0.25, -0.2) is 4.39 Å². The van der Waals surface area contributed by atoms with Gasteiger partial charge in [-0.2, -0.15) is 0 Å². The molecule has 0 amide bonds. The first-order chi connectivity index (χ1) is 12.2. The number of halogens is 2. The zero-order valence-electron chi connectivity index (χ0n) is 14.6. The van der Waals surface area contributed by atoms with E-state index < -0.39 is 0 Å². The van der Waals surface area contributed by atoms with Gasteiger partial charge in [0, 0.05) is 13.6 Å². The van der Waals surface area contributed by atoms with Gasteiger partial charge >= 0.3 is 0 Å². The molecule has 2 aromatic rings. The normalized spacial score (nSPS) is 15.8. The number of para-hydroxylation sites is 2. The van der Waals surface area contributed by atoms with E-state index in [1.165, 1.54) is 12.1 Å². The highest BCUT2D eigenvalue weighted by Gasteiger charge is 2.20. The number of hydrogen-bond donors (Lipinski definition) is 2. The minimum absolute atomic E-state index is 0. The summed E-state index contributed by atoms with van der Waals surface area (Å²) in [5.74, 6) is 2.02. The number of ether oxygens (including phenoxy) is 2. The fraction of sp³-hybridized carbons (Fsp3) is 0.316. The highest BCUT2D eigenvalue weighted by molar-refractivity contribution is 14.0. The number of hydrogen-bond acceptors (Lipinski definition) is 3. The maximum absolute atomic E-state index is 12.9. The van der Waals surface area contributed by atoms with Crippen molar-refractivity contribution in [2.75, 3.05) is 26.7 Å². The molecule has 2 N–H and O–H groups in total. The fourth-order valence-electron chi connectivity index (χ4n) is 2.57. The molecule has 140 valence electrons. The Hall–Kier alpha value is -2.03. The van der Waals surface area contributed by atoms with E-state index in [1.54, 1.807) is 19.2 Å².